The zero-order valence-electron chi connectivity index (χ0n) is 13.8. The fourth-order valence-electron chi connectivity index (χ4n) is 2.17. The molecule has 122 valence electrons. The van der Waals surface area contributed by atoms with Gasteiger partial charge in [-0.2, -0.15) is 0 Å². The molecule has 0 heterocycles. The van der Waals surface area contributed by atoms with Crippen LogP contribution in [0.4, 0.5) is 16.2 Å². The van der Waals surface area contributed by atoms with E-state index in [-0.39, 0.29) is 6.03 Å². The SMILES string of the molecule is COc1cccc(CCNC(=O)Nc2ccc(N(C)C)cc2)c1. The van der Waals surface area contributed by atoms with Crippen LogP contribution in [0.25, 0.3) is 0 Å². The molecular formula is C18H23N3O2. The maximum atomic E-state index is 11.9. The quantitative estimate of drug-likeness (QED) is 0.861. The predicted octanol–water partition coefficient (Wildman–Crippen LogP) is 3.13. The number of urea groups is 1. The molecule has 0 fully saturated rings. The molecule has 0 atom stereocenters. The highest BCUT2D eigenvalue weighted by Crippen LogP contribution is 2.15. The highest BCUT2D eigenvalue weighted by atomic mass is 16.5. The van der Waals surface area contributed by atoms with Gasteiger partial charge < -0.3 is 20.3 Å². The van der Waals surface area contributed by atoms with Gasteiger partial charge in [0.05, 0.1) is 7.11 Å². The Morgan fingerprint density at radius 1 is 1.13 bits per heavy atom. The van der Waals surface area contributed by atoms with E-state index < -0.39 is 0 Å². The normalized spacial score (nSPS) is 10.0. The lowest BCUT2D eigenvalue weighted by atomic mass is 10.1. The molecule has 0 aliphatic carbocycles. The lowest BCUT2D eigenvalue weighted by Crippen LogP contribution is -2.30. The van der Waals surface area contributed by atoms with Crippen LogP contribution in [-0.2, 0) is 6.42 Å². The first-order valence-corrected chi connectivity index (χ1v) is 7.53. The topological polar surface area (TPSA) is 53.6 Å². The molecule has 0 saturated carbocycles. The van der Waals surface area contributed by atoms with E-state index in [0.29, 0.717) is 6.54 Å². The van der Waals surface area contributed by atoms with Gasteiger partial charge in [0, 0.05) is 32.0 Å². The van der Waals surface area contributed by atoms with Crippen LogP contribution >= 0.6 is 0 Å². The molecule has 0 aromatic heterocycles. The average molecular weight is 313 g/mol. The molecule has 2 N–H and O–H groups in total. The third kappa shape index (κ3) is 5.21. The summed E-state index contributed by atoms with van der Waals surface area (Å²) in [4.78, 5) is 13.9. The number of carbonyl (C=O) groups is 1. The molecule has 5 heteroatoms. The molecule has 5 nitrogen and oxygen atoms in total. The summed E-state index contributed by atoms with van der Waals surface area (Å²) in [6, 6.07) is 15.3. The maximum Gasteiger partial charge on any atom is 0.319 e. The highest BCUT2D eigenvalue weighted by molar-refractivity contribution is 5.89. The van der Waals surface area contributed by atoms with Crippen molar-refractivity contribution in [3.05, 3.63) is 54.1 Å². The van der Waals surface area contributed by atoms with E-state index in [9.17, 15) is 4.79 Å². The minimum absolute atomic E-state index is 0.203. The molecule has 0 unspecified atom stereocenters. The first kappa shape index (κ1) is 16.7. The van der Waals surface area contributed by atoms with Gasteiger partial charge in [0.2, 0.25) is 0 Å². The number of nitrogens with zero attached hydrogens (tertiary/aromatic N) is 1. The van der Waals surface area contributed by atoms with Gasteiger partial charge in [0.1, 0.15) is 5.75 Å². The molecule has 0 spiro atoms. The van der Waals surface area contributed by atoms with Crippen molar-refractivity contribution < 1.29 is 9.53 Å². The highest BCUT2D eigenvalue weighted by Gasteiger charge is 2.02. The summed E-state index contributed by atoms with van der Waals surface area (Å²) in [7, 11) is 5.60. The molecule has 0 aliphatic heterocycles. The second-order valence-corrected chi connectivity index (χ2v) is 5.42. The van der Waals surface area contributed by atoms with Gasteiger partial charge in [0.15, 0.2) is 0 Å². The van der Waals surface area contributed by atoms with Gasteiger partial charge >= 0.3 is 6.03 Å². The minimum Gasteiger partial charge on any atom is -0.497 e. The zero-order valence-corrected chi connectivity index (χ0v) is 13.8. The number of anilines is 2. The number of rotatable bonds is 6. The van der Waals surface area contributed by atoms with Crippen molar-refractivity contribution in [2.24, 2.45) is 0 Å². The average Bonchev–Trinajstić information content (AvgIpc) is 2.55. The lowest BCUT2D eigenvalue weighted by Gasteiger charge is -2.13. The van der Waals surface area contributed by atoms with Crippen molar-refractivity contribution in [1.82, 2.24) is 5.32 Å². The van der Waals surface area contributed by atoms with E-state index in [4.69, 9.17) is 4.74 Å². The molecule has 0 saturated heterocycles. The molecule has 2 aromatic carbocycles. The Labute approximate surface area is 137 Å². The Hall–Kier alpha value is -2.69. The molecule has 0 radical (unpaired) electrons. The summed E-state index contributed by atoms with van der Waals surface area (Å²) in [6.07, 6.45) is 0.754. The van der Waals surface area contributed by atoms with Crippen molar-refractivity contribution in [2.75, 3.05) is 38.0 Å². The van der Waals surface area contributed by atoms with Crippen LogP contribution < -0.4 is 20.3 Å². The van der Waals surface area contributed by atoms with E-state index in [0.717, 1.165) is 29.1 Å². The minimum atomic E-state index is -0.203. The van der Waals surface area contributed by atoms with Crippen LogP contribution in [0.5, 0.6) is 5.75 Å². The van der Waals surface area contributed by atoms with Crippen LogP contribution in [0, 0.1) is 0 Å². The summed E-state index contributed by atoms with van der Waals surface area (Å²) in [5.41, 5.74) is 2.99. The third-order valence-electron chi connectivity index (χ3n) is 3.47. The molecule has 23 heavy (non-hydrogen) atoms. The van der Waals surface area contributed by atoms with Gasteiger partial charge in [0.25, 0.3) is 0 Å². The summed E-state index contributed by atoms with van der Waals surface area (Å²) in [5.74, 6) is 0.827. The number of carbonyl (C=O) groups excluding carboxylic acids is 1. The van der Waals surface area contributed by atoms with Crippen molar-refractivity contribution >= 4 is 17.4 Å². The second kappa shape index (κ2) is 8.08. The van der Waals surface area contributed by atoms with Gasteiger partial charge in [-0.05, 0) is 48.4 Å². The third-order valence-corrected chi connectivity index (χ3v) is 3.47. The van der Waals surface area contributed by atoms with Crippen molar-refractivity contribution in [2.45, 2.75) is 6.42 Å². The number of ether oxygens (including phenoxy) is 1. The Morgan fingerprint density at radius 2 is 1.87 bits per heavy atom. The standard InChI is InChI=1S/C18H23N3O2/c1-21(2)16-9-7-15(8-10-16)20-18(22)19-12-11-14-5-4-6-17(13-14)23-3/h4-10,13H,11-12H2,1-3H3,(H2,19,20,22). The van der Waals surface area contributed by atoms with Crippen LogP contribution in [0.15, 0.2) is 48.5 Å². The first-order chi connectivity index (χ1) is 11.1. The zero-order chi connectivity index (χ0) is 16.7. The number of benzene rings is 2. The second-order valence-electron chi connectivity index (χ2n) is 5.42. The Morgan fingerprint density at radius 3 is 2.52 bits per heavy atom. The van der Waals surface area contributed by atoms with Crippen molar-refractivity contribution in [3.63, 3.8) is 0 Å². The smallest absolute Gasteiger partial charge is 0.319 e. The molecule has 2 aromatic rings. The maximum absolute atomic E-state index is 11.9. The van der Waals surface area contributed by atoms with Crippen LogP contribution in [0.3, 0.4) is 0 Å². The largest absolute Gasteiger partial charge is 0.497 e. The fraction of sp³-hybridized carbons (Fsp3) is 0.278. The van der Waals surface area contributed by atoms with Crippen molar-refractivity contribution in [3.8, 4) is 5.75 Å². The van der Waals surface area contributed by atoms with E-state index in [1.807, 2.05) is 67.5 Å². The number of hydrogen-bond acceptors (Lipinski definition) is 3. The fourth-order valence-corrected chi connectivity index (χ4v) is 2.17. The molecule has 0 aliphatic rings. The Bertz CT molecular complexity index is 639. The summed E-state index contributed by atoms with van der Waals surface area (Å²) in [5, 5.41) is 5.68. The molecule has 0 bridgehead atoms. The Balaban J connectivity index is 1.78. The van der Waals surface area contributed by atoms with E-state index >= 15 is 0 Å². The predicted molar refractivity (Wildman–Crippen MR) is 94.5 cm³/mol. The summed E-state index contributed by atoms with van der Waals surface area (Å²) < 4.78 is 5.18. The summed E-state index contributed by atoms with van der Waals surface area (Å²) >= 11 is 0. The number of nitrogens with one attached hydrogen (secondary N) is 2. The van der Waals surface area contributed by atoms with Gasteiger partial charge in [-0.1, -0.05) is 12.1 Å². The van der Waals surface area contributed by atoms with E-state index in [2.05, 4.69) is 10.6 Å². The van der Waals surface area contributed by atoms with Crippen LogP contribution in [0.2, 0.25) is 0 Å². The molecule has 2 rings (SSSR count). The number of methoxy groups -OCH3 is 1. The summed E-state index contributed by atoms with van der Waals surface area (Å²) in [6.45, 7) is 0.564. The van der Waals surface area contributed by atoms with Crippen LogP contribution in [0.1, 0.15) is 5.56 Å². The van der Waals surface area contributed by atoms with Gasteiger partial charge in [-0.25, -0.2) is 4.79 Å². The van der Waals surface area contributed by atoms with E-state index in [1.54, 1.807) is 7.11 Å². The molecule has 2 amide bonds. The monoisotopic (exact) mass is 313 g/mol. The van der Waals surface area contributed by atoms with Gasteiger partial charge in [-0.15, -0.1) is 0 Å². The first-order valence-electron chi connectivity index (χ1n) is 7.53. The van der Waals surface area contributed by atoms with Gasteiger partial charge in [-0.3, -0.25) is 0 Å². The number of amides is 2. The lowest BCUT2D eigenvalue weighted by molar-refractivity contribution is 0.252. The van der Waals surface area contributed by atoms with Crippen molar-refractivity contribution in [1.29, 1.82) is 0 Å². The molecular weight excluding hydrogens is 290 g/mol. The van der Waals surface area contributed by atoms with Crippen LogP contribution in [-0.4, -0.2) is 33.8 Å². The Kier molecular flexibility index (Phi) is 5.86. The number of hydrogen-bond donors (Lipinski definition) is 2. The van der Waals surface area contributed by atoms with E-state index in [1.165, 1.54) is 0 Å².